The van der Waals surface area contributed by atoms with Gasteiger partial charge in [0, 0.05) is 38.1 Å². The summed E-state index contributed by atoms with van der Waals surface area (Å²) in [5, 5.41) is 3.78. The fourth-order valence-corrected chi connectivity index (χ4v) is 5.45. The maximum Gasteiger partial charge on any atom is 0.194 e. The van der Waals surface area contributed by atoms with Gasteiger partial charge < -0.3 is 19.9 Å². The molecular formula is C22H30IN5O. The molecule has 6 nitrogen and oxygen atoms in total. The molecule has 2 heterocycles. The molecule has 0 amide bonds. The van der Waals surface area contributed by atoms with Gasteiger partial charge in [-0.05, 0) is 24.8 Å². The van der Waals surface area contributed by atoms with Gasteiger partial charge in [-0.15, -0.1) is 24.0 Å². The lowest BCUT2D eigenvalue weighted by molar-refractivity contribution is -0.171. The first-order valence-electron chi connectivity index (χ1n) is 10.4. The Bertz CT molecular complexity index is 863. The number of hydrogen-bond donors (Lipinski definition) is 2. The van der Waals surface area contributed by atoms with Crippen molar-refractivity contribution in [1.82, 2.24) is 20.2 Å². The standard InChI is InChI=1S/C22H29N5O.HI/c1-23-21(26-19-16-9-12-28-20(16)22(19)10-6-11-22)27(2)14-18-24-13-17(25-18)15-7-4-3-5-8-15;/h3-5,7-8,13,16,19-20H,6,9-12,14H2,1-2H3,(H,23,26)(H,24,25);1H. The zero-order valence-corrected chi connectivity index (χ0v) is 19.4. The normalized spacial score (nSPS) is 26.8. The smallest absolute Gasteiger partial charge is 0.194 e. The number of hydrogen-bond acceptors (Lipinski definition) is 3. The molecule has 3 unspecified atom stereocenters. The molecule has 0 radical (unpaired) electrons. The number of imidazole rings is 1. The van der Waals surface area contributed by atoms with Crippen LogP contribution in [0, 0.1) is 11.3 Å². The average Bonchev–Trinajstić information content (AvgIpc) is 3.30. The summed E-state index contributed by atoms with van der Waals surface area (Å²) in [6.45, 7) is 1.61. The Morgan fingerprint density at radius 3 is 2.83 bits per heavy atom. The van der Waals surface area contributed by atoms with E-state index in [0.29, 0.717) is 30.0 Å². The van der Waals surface area contributed by atoms with Crippen molar-refractivity contribution in [2.24, 2.45) is 16.3 Å². The summed E-state index contributed by atoms with van der Waals surface area (Å²) in [6.07, 6.45) is 7.44. The summed E-state index contributed by atoms with van der Waals surface area (Å²) in [5.41, 5.74) is 2.55. The largest absolute Gasteiger partial charge is 0.377 e. The summed E-state index contributed by atoms with van der Waals surface area (Å²) in [6, 6.07) is 10.8. The van der Waals surface area contributed by atoms with Gasteiger partial charge in [0.15, 0.2) is 5.96 Å². The first-order valence-corrected chi connectivity index (χ1v) is 10.4. The van der Waals surface area contributed by atoms with Crippen LogP contribution in [-0.4, -0.2) is 53.7 Å². The van der Waals surface area contributed by atoms with Gasteiger partial charge >= 0.3 is 0 Å². The predicted molar refractivity (Wildman–Crippen MR) is 125 cm³/mol. The summed E-state index contributed by atoms with van der Waals surface area (Å²) >= 11 is 0. The first kappa shape index (κ1) is 20.7. The fraction of sp³-hybridized carbons (Fsp3) is 0.545. The maximum atomic E-state index is 6.05. The van der Waals surface area contributed by atoms with Gasteiger partial charge in [-0.2, -0.15) is 0 Å². The molecule has 5 rings (SSSR count). The molecule has 3 atom stereocenters. The molecule has 1 aromatic heterocycles. The number of fused-ring (bicyclic) bond motifs is 2. The Morgan fingerprint density at radius 1 is 1.34 bits per heavy atom. The number of nitrogens with one attached hydrogen (secondary N) is 2. The predicted octanol–water partition coefficient (Wildman–Crippen LogP) is 3.66. The highest BCUT2D eigenvalue weighted by molar-refractivity contribution is 14.0. The first-order chi connectivity index (χ1) is 13.7. The number of guanidine groups is 1. The van der Waals surface area contributed by atoms with Crippen LogP contribution < -0.4 is 5.32 Å². The summed E-state index contributed by atoms with van der Waals surface area (Å²) in [7, 11) is 3.94. The number of aliphatic imine (C=N–C) groups is 1. The number of ether oxygens (including phenoxy) is 1. The van der Waals surface area contributed by atoms with E-state index in [2.05, 4.69) is 44.4 Å². The van der Waals surface area contributed by atoms with Gasteiger partial charge in [-0.3, -0.25) is 4.99 Å². The van der Waals surface area contributed by atoms with Crippen molar-refractivity contribution in [3.63, 3.8) is 0 Å². The van der Waals surface area contributed by atoms with Crippen LogP contribution in [0.4, 0.5) is 0 Å². The van der Waals surface area contributed by atoms with Crippen LogP contribution in [0.15, 0.2) is 41.5 Å². The van der Waals surface area contributed by atoms with Crippen LogP contribution in [-0.2, 0) is 11.3 Å². The molecule has 0 bridgehead atoms. The Morgan fingerprint density at radius 2 is 2.14 bits per heavy atom. The molecule has 2 N–H and O–H groups in total. The second-order valence-electron chi connectivity index (χ2n) is 8.47. The molecule has 2 saturated carbocycles. The number of aromatic nitrogens is 2. The van der Waals surface area contributed by atoms with Crippen LogP contribution in [0.5, 0.6) is 0 Å². The van der Waals surface area contributed by atoms with Crippen molar-refractivity contribution in [2.45, 2.75) is 44.4 Å². The number of benzene rings is 1. The molecular weight excluding hydrogens is 477 g/mol. The van der Waals surface area contributed by atoms with Crippen LogP contribution in [0.25, 0.3) is 11.3 Å². The summed E-state index contributed by atoms with van der Waals surface area (Å²) in [5.74, 6) is 2.52. The van der Waals surface area contributed by atoms with E-state index >= 15 is 0 Å². The third-order valence-electron chi connectivity index (χ3n) is 6.99. The van der Waals surface area contributed by atoms with Crippen LogP contribution in [0.2, 0.25) is 0 Å². The Balaban J connectivity index is 0.00000205. The van der Waals surface area contributed by atoms with Gasteiger partial charge in [0.05, 0.1) is 24.5 Å². The van der Waals surface area contributed by atoms with Crippen molar-refractivity contribution in [2.75, 3.05) is 20.7 Å². The van der Waals surface area contributed by atoms with Gasteiger partial charge in [0.25, 0.3) is 0 Å². The van der Waals surface area contributed by atoms with E-state index in [9.17, 15) is 0 Å². The van der Waals surface area contributed by atoms with Gasteiger partial charge in [0.1, 0.15) is 5.82 Å². The van der Waals surface area contributed by atoms with Crippen LogP contribution >= 0.6 is 24.0 Å². The van der Waals surface area contributed by atoms with E-state index in [1.807, 2.05) is 31.4 Å². The molecule has 2 aliphatic carbocycles. The summed E-state index contributed by atoms with van der Waals surface area (Å²) < 4.78 is 6.05. The van der Waals surface area contributed by atoms with Crippen LogP contribution in [0.3, 0.4) is 0 Å². The lowest BCUT2D eigenvalue weighted by Crippen LogP contribution is -2.72. The third kappa shape index (κ3) is 3.46. The SMILES string of the molecule is CN=C(NC1C2CCOC2C12CCC2)N(C)Cc1ncc(-c2ccccc2)[nH]1.I. The van der Waals surface area contributed by atoms with E-state index in [1.165, 1.54) is 25.7 Å². The highest BCUT2D eigenvalue weighted by atomic mass is 127. The minimum atomic E-state index is 0. The molecule has 1 aliphatic heterocycles. The van der Waals surface area contributed by atoms with E-state index in [1.54, 1.807) is 0 Å². The fourth-order valence-electron chi connectivity index (χ4n) is 5.45. The van der Waals surface area contributed by atoms with Crippen molar-refractivity contribution in [1.29, 1.82) is 0 Å². The lowest BCUT2D eigenvalue weighted by atomic mass is 9.46. The lowest BCUT2D eigenvalue weighted by Gasteiger charge is -2.63. The van der Waals surface area contributed by atoms with E-state index < -0.39 is 0 Å². The Kier molecular flexibility index (Phi) is 5.88. The molecule has 2 aromatic rings. The van der Waals surface area contributed by atoms with E-state index in [0.717, 1.165) is 29.6 Å². The molecule has 3 fully saturated rings. The molecule has 29 heavy (non-hydrogen) atoms. The average molecular weight is 507 g/mol. The minimum absolute atomic E-state index is 0. The van der Waals surface area contributed by atoms with Crippen molar-refractivity contribution in [3.05, 3.63) is 42.4 Å². The number of aromatic amines is 1. The second-order valence-corrected chi connectivity index (χ2v) is 8.47. The molecule has 7 heteroatoms. The number of H-pyrrole nitrogens is 1. The van der Waals surface area contributed by atoms with Gasteiger partial charge in [-0.1, -0.05) is 36.8 Å². The van der Waals surface area contributed by atoms with Crippen LogP contribution in [0.1, 0.15) is 31.5 Å². The highest BCUT2D eigenvalue weighted by Crippen LogP contribution is 2.62. The van der Waals surface area contributed by atoms with E-state index in [4.69, 9.17) is 4.74 Å². The minimum Gasteiger partial charge on any atom is -0.377 e. The van der Waals surface area contributed by atoms with Crippen molar-refractivity contribution >= 4 is 29.9 Å². The van der Waals surface area contributed by atoms with Crippen molar-refractivity contribution in [3.8, 4) is 11.3 Å². The van der Waals surface area contributed by atoms with Crippen molar-refractivity contribution < 1.29 is 4.74 Å². The summed E-state index contributed by atoms with van der Waals surface area (Å²) in [4.78, 5) is 14.7. The highest BCUT2D eigenvalue weighted by Gasteiger charge is 2.66. The molecule has 1 saturated heterocycles. The quantitative estimate of drug-likeness (QED) is 0.377. The number of rotatable bonds is 4. The third-order valence-corrected chi connectivity index (χ3v) is 6.99. The molecule has 1 aromatic carbocycles. The molecule has 1 spiro atoms. The van der Waals surface area contributed by atoms with Gasteiger partial charge in [-0.25, -0.2) is 4.98 Å². The number of nitrogens with zero attached hydrogens (tertiary/aromatic N) is 3. The Labute approximate surface area is 189 Å². The topological polar surface area (TPSA) is 65.5 Å². The zero-order valence-electron chi connectivity index (χ0n) is 17.1. The zero-order chi connectivity index (χ0) is 19.1. The van der Waals surface area contributed by atoms with Gasteiger partial charge in [0.2, 0.25) is 0 Å². The monoisotopic (exact) mass is 507 g/mol. The molecule has 156 valence electrons. The Hall–Kier alpha value is -1.61. The maximum absolute atomic E-state index is 6.05. The second kappa shape index (κ2) is 8.26. The number of halogens is 1. The van der Waals surface area contributed by atoms with E-state index in [-0.39, 0.29) is 24.0 Å². The molecule has 3 aliphatic rings.